The van der Waals surface area contributed by atoms with Gasteiger partial charge in [-0.3, -0.25) is 10.1 Å². The lowest BCUT2D eigenvalue weighted by atomic mass is 9.95. The summed E-state index contributed by atoms with van der Waals surface area (Å²) in [4.78, 5) is 26.1. The molecule has 6 nitrogen and oxygen atoms in total. The second-order valence-corrected chi connectivity index (χ2v) is 10.1. The highest BCUT2D eigenvalue weighted by Crippen LogP contribution is 2.39. The van der Waals surface area contributed by atoms with Gasteiger partial charge < -0.3 is 10.3 Å². The molecule has 1 aliphatic heterocycles. The van der Waals surface area contributed by atoms with Crippen molar-refractivity contribution >= 4 is 28.4 Å². The van der Waals surface area contributed by atoms with Gasteiger partial charge in [-0.1, -0.05) is 82.9 Å². The van der Waals surface area contributed by atoms with Gasteiger partial charge in [-0.25, -0.2) is 10.2 Å². The first-order valence-corrected chi connectivity index (χ1v) is 13.2. The van der Waals surface area contributed by atoms with E-state index in [9.17, 15) is 9.59 Å². The molecule has 1 aliphatic carbocycles. The molecule has 3 amide bonds. The van der Waals surface area contributed by atoms with Crippen molar-refractivity contribution in [3.05, 3.63) is 41.5 Å². The van der Waals surface area contributed by atoms with Crippen molar-refractivity contribution in [3.8, 4) is 0 Å². The number of nitrogens with one attached hydrogen (secondary N) is 3. The predicted octanol–water partition coefficient (Wildman–Crippen LogP) is 5.70. The number of carbonyl (C=O) groups is 2. The van der Waals surface area contributed by atoms with Gasteiger partial charge >= 0.3 is 6.03 Å². The molecule has 184 valence electrons. The molecule has 1 spiro atoms. The van der Waals surface area contributed by atoms with Crippen molar-refractivity contribution in [2.24, 2.45) is 0 Å². The number of nitrogens with zero attached hydrogens (tertiary/aromatic N) is 1. The zero-order chi connectivity index (χ0) is 24.0. The summed E-state index contributed by atoms with van der Waals surface area (Å²) in [5, 5.41) is 4.77. The van der Waals surface area contributed by atoms with E-state index in [1.54, 1.807) is 11.9 Å². The zero-order valence-electron chi connectivity index (χ0n) is 20.8. The van der Waals surface area contributed by atoms with Crippen LogP contribution in [-0.2, 0) is 17.6 Å². The van der Waals surface area contributed by atoms with Crippen molar-refractivity contribution in [3.63, 3.8) is 0 Å². The molecule has 1 saturated heterocycles. The van der Waals surface area contributed by atoms with Crippen LogP contribution >= 0.6 is 0 Å². The third-order valence-electron chi connectivity index (χ3n) is 7.60. The highest BCUT2D eigenvalue weighted by atomic mass is 16.2. The Labute approximate surface area is 203 Å². The second-order valence-electron chi connectivity index (χ2n) is 10.1. The molecule has 2 aromatic rings. The minimum Gasteiger partial charge on any atom is -0.321 e. The summed E-state index contributed by atoms with van der Waals surface area (Å²) in [5.41, 5.74) is 9.27. The van der Waals surface area contributed by atoms with Crippen molar-refractivity contribution in [1.82, 2.24) is 15.6 Å². The fourth-order valence-electron chi connectivity index (χ4n) is 5.40. The zero-order valence-corrected chi connectivity index (χ0v) is 20.8. The Hall–Kier alpha value is -2.60. The fourth-order valence-corrected chi connectivity index (χ4v) is 5.40. The van der Waals surface area contributed by atoms with Gasteiger partial charge in [0.2, 0.25) is 0 Å². The van der Waals surface area contributed by atoms with Crippen LogP contribution in [0.4, 0.5) is 10.5 Å². The van der Waals surface area contributed by atoms with Crippen LogP contribution < -0.4 is 16.2 Å². The number of amides is 3. The third kappa shape index (κ3) is 5.38. The SMILES string of the molecule is CCCCCCCCCCCCNNc1ccc2cc3c(cc2c1)CC1(C3)C(=O)NC(=O)N1C. The van der Waals surface area contributed by atoms with Gasteiger partial charge in [-0.05, 0) is 40.5 Å². The minimum absolute atomic E-state index is 0.182. The monoisotopic (exact) mass is 464 g/mol. The van der Waals surface area contributed by atoms with Gasteiger partial charge in [0, 0.05) is 32.1 Å². The summed E-state index contributed by atoms with van der Waals surface area (Å²) >= 11 is 0. The smallest absolute Gasteiger partial charge is 0.321 e. The molecule has 2 aliphatic rings. The molecular formula is C28H40N4O2. The fraction of sp³-hybridized carbons (Fsp3) is 0.571. The van der Waals surface area contributed by atoms with E-state index in [0.29, 0.717) is 12.8 Å². The number of hydrogen-bond acceptors (Lipinski definition) is 4. The Bertz CT molecular complexity index is 1020. The number of carbonyl (C=O) groups excluding carboxylic acids is 2. The van der Waals surface area contributed by atoms with Crippen LogP contribution in [0.25, 0.3) is 10.8 Å². The van der Waals surface area contributed by atoms with Crippen LogP contribution in [-0.4, -0.2) is 36.0 Å². The summed E-state index contributed by atoms with van der Waals surface area (Å²) in [5.74, 6) is -0.182. The number of hydrogen-bond donors (Lipinski definition) is 3. The number of likely N-dealkylation sites (N-methyl/N-ethyl adjacent to an activating group) is 1. The van der Waals surface area contributed by atoms with E-state index in [4.69, 9.17) is 0 Å². The van der Waals surface area contributed by atoms with Crippen LogP contribution in [0.2, 0.25) is 0 Å². The van der Waals surface area contributed by atoms with Gasteiger partial charge in [-0.2, -0.15) is 0 Å². The number of unbranched alkanes of at least 4 members (excludes halogenated alkanes) is 9. The molecule has 0 aromatic heterocycles. The molecule has 0 radical (unpaired) electrons. The molecule has 3 N–H and O–H groups in total. The van der Waals surface area contributed by atoms with Gasteiger partial charge in [0.05, 0.1) is 0 Å². The maximum atomic E-state index is 12.5. The molecule has 34 heavy (non-hydrogen) atoms. The molecule has 0 bridgehead atoms. The topological polar surface area (TPSA) is 73.5 Å². The van der Waals surface area contributed by atoms with E-state index in [0.717, 1.165) is 34.1 Å². The number of urea groups is 1. The maximum absolute atomic E-state index is 12.5. The van der Waals surface area contributed by atoms with E-state index >= 15 is 0 Å². The highest BCUT2D eigenvalue weighted by molar-refractivity contribution is 6.08. The third-order valence-corrected chi connectivity index (χ3v) is 7.60. The molecule has 0 saturated carbocycles. The Kier molecular flexibility index (Phi) is 8.09. The average Bonchev–Trinajstić information content (AvgIpc) is 3.30. The predicted molar refractivity (Wildman–Crippen MR) is 139 cm³/mol. The number of hydrazine groups is 1. The van der Waals surface area contributed by atoms with Crippen molar-refractivity contribution in [2.45, 2.75) is 89.5 Å². The van der Waals surface area contributed by atoms with Gasteiger partial charge in [0.25, 0.3) is 5.91 Å². The van der Waals surface area contributed by atoms with Crippen molar-refractivity contribution in [1.29, 1.82) is 0 Å². The van der Waals surface area contributed by atoms with Crippen LogP contribution in [0.5, 0.6) is 0 Å². The van der Waals surface area contributed by atoms with Crippen molar-refractivity contribution < 1.29 is 9.59 Å². The summed E-state index contributed by atoms with van der Waals surface area (Å²) in [6.45, 7) is 3.22. The molecule has 4 rings (SSSR count). The summed E-state index contributed by atoms with van der Waals surface area (Å²) in [6, 6.07) is 10.4. The summed E-state index contributed by atoms with van der Waals surface area (Å²) in [7, 11) is 1.72. The number of benzene rings is 2. The number of imide groups is 1. The standard InChI is InChI=1S/C28H40N4O2/c1-3-4-5-6-7-8-9-10-11-12-15-29-31-25-14-13-21-16-23-19-28(20-24(23)17-22(21)18-25)26(33)30-27(34)32(28)2/h13-14,16-18,29,31H,3-12,15,19-20H2,1-2H3,(H,30,33,34). The maximum Gasteiger partial charge on any atom is 0.324 e. The van der Waals surface area contributed by atoms with Gasteiger partial charge in [0.15, 0.2) is 0 Å². The lowest BCUT2D eigenvalue weighted by molar-refractivity contribution is -0.125. The Morgan fingerprint density at radius 2 is 1.47 bits per heavy atom. The van der Waals surface area contributed by atoms with E-state index in [-0.39, 0.29) is 11.9 Å². The van der Waals surface area contributed by atoms with Crippen LogP contribution in [0.15, 0.2) is 30.3 Å². The Morgan fingerprint density at radius 1 is 0.853 bits per heavy atom. The van der Waals surface area contributed by atoms with Gasteiger partial charge in [0.1, 0.15) is 5.54 Å². The number of rotatable bonds is 13. The molecule has 6 heteroatoms. The van der Waals surface area contributed by atoms with Crippen LogP contribution in [0, 0.1) is 0 Å². The van der Waals surface area contributed by atoms with E-state index in [2.05, 4.69) is 53.4 Å². The van der Waals surface area contributed by atoms with Gasteiger partial charge in [-0.15, -0.1) is 0 Å². The molecular weight excluding hydrogens is 424 g/mol. The highest BCUT2D eigenvalue weighted by Gasteiger charge is 2.54. The molecule has 2 aromatic carbocycles. The summed E-state index contributed by atoms with van der Waals surface area (Å²) in [6.07, 6.45) is 14.6. The Morgan fingerprint density at radius 3 is 2.09 bits per heavy atom. The lowest BCUT2D eigenvalue weighted by Gasteiger charge is -2.27. The largest absolute Gasteiger partial charge is 0.324 e. The normalized spacial score (nSPS) is 19.3. The minimum atomic E-state index is -0.769. The van der Waals surface area contributed by atoms with Crippen molar-refractivity contribution in [2.75, 3.05) is 19.0 Å². The van der Waals surface area contributed by atoms with E-state index in [1.165, 1.54) is 64.2 Å². The van der Waals surface area contributed by atoms with E-state index in [1.807, 2.05) is 0 Å². The number of fused-ring (bicyclic) bond motifs is 2. The molecule has 1 unspecified atom stereocenters. The van der Waals surface area contributed by atoms with Crippen LogP contribution in [0.1, 0.15) is 82.3 Å². The Balaban J connectivity index is 1.21. The quantitative estimate of drug-likeness (QED) is 0.202. The summed E-state index contributed by atoms with van der Waals surface area (Å²) < 4.78 is 0. The lowest BCUT2D eigenvalue weighted by Crippen LogP contribution is -2.48. The molecule has 1 atom stereocenters. The first-order valence-electron chi connectivity index (χ1n) is 13.2. The van der Waals surface area contributed by atoms with E-state index < -0.39 is 5.54 Å². The van der Waals surface area contributed by atoms with Crippen LogP contribution in [0.3, 0.4) is 0 Å². The molecule has 1 fully saturated rings. The number of anilines is 1. The first kappa shape index (κ1) is 24.5. The average molecular weight is 465 g/mol. The first-order chi connectivity index (χ1) is 16.5. The molecule has 1 heterocycles. The second kappa shape index (κ2) is 11.2.